The van der Waals surface area contributed by atoms with Gasteiger partial charge in [-0.05, 0) is 32.7 Å². The average Bonchev–Trinajstić information content (AvgIpc) is 2.72. The van der Waals surface area contributed by atoms with E-state index < -0.39 is 0 Å². The maximum Gasteiger partial charge on any atom is 0.150 e. The lowest BCUT2D eigenvalue weighted by molar-refractivity contribution is 0.349. The maximum absolute atomic E-state index is 5.07. The molecule has 0 saturated carbocycles. The molecule has 17 heavy (non-hydrogen) atoms. The van der Waals surface area contributed by atoms with Crippen LogP contribution < -0.4 is 10.6 Å². The summed E-state index contributed by atoms with van der Waals surface area (Å²) >= 11 is 0. The molecule has 0 aliphatic carbocycles. The summed E-state index contributed by atoms with van der Waals surface area (Å²) in [5.41, 5.74) is 0. The molecule has 1 fully saturated rings. The summed E-state index contributed by atoms with van der Waals surface area (Å²) in [6, 6.07) is 3.09. The van der Waals surface area contributed by atoms with Crippen molar-refractivity contribution < 1.29 is 4.52 Å². The van der Waals surface area contributed by atoms with Crippen LogP contribution in [0, 0.1) is 0 Å². The van der Waals surface area contributed by atoms with Crippen LogP contribution in [0.25, 0.3) is 0 Å². The highest BCUT2D eigenvalue weighted by Crippen LogP contribution is 2.12. The first-order valence-corrected chi connectivity index (χ1v) is 6.71. The van der Waals surface area contributed by atoms with Crippen LogP contribution in [0.5, 0.6) is 0 Å². The number of hydrogen-bond donors (Lipinski definition) is 2. The van der Waals surface area contributed by atoms with Crippen LogP contribution in [0.4, 0.5) is 0 Å². The molecule has 1 aromatic rings. The lowest BCUT2D eigenvalue weighted by Gasteiger charge is -2.21. The summed E-state index contributed by atoms with van der Waals surface area (Å²) in [6.45, 7) is 4.19. The van der Waals surface area contributed by atoms with Gasteiger partial charge in [-0.15, -0.1) is 0 Å². The predicted octanol–water partition coefficient (Wildman–Crippen LogP) is 2.08. The molecule has 0 amide bonds. The van der Waals surface area contributed by atoms with Gasteiger partial charge >= 0.3 is 0 Å². The van der Waals surface area contributed by atoms with Crippen molar-refractivity contribution >= 4 is 0 Å². The molecule has 0 radical (unpaired) electrons. The largest absolute Gasteiger partial charge is 0.360 e. The molecule has 1 saturated heterocycles. The minimum absolute atomic E-state index is 0.510. The minimum atomic E-state index is 0.510. The zero-order chi connectivity index (χ0) is 11.9. The number of rotatable bonds is 5. The molecule has 4 heteroatoms. The van der Waals surface area contributed by atoms with Gasteiger partial charge in [-0.3, -0.25) is 0 Å². The van der Waals surface area contributed by atoms with Crippen LogP contribution in [-0.2, 0) is 6.54 Å². The molecule has 2 N–H and O–H groups in total. The summed E-state index contributed by atoms with van der Waals surface area (Å²) in [6.07, 6.45) is 8.27. The summed E-state index contributed by atoms with van der Waals surface area (Å²) in [7, 11) is 0. The number of nitrogens with one attached hydrogen (secondary N) is 2. The van der Waals surface area contributed by atoms with Crippen molar-refractivity contribution in [3.8, 4) is 0 Å². The van der Waals surface area contributed by atoms with Gasteiger partial charge in [0.15, 0.2) is 0 Å². The van der Waals surface area contributed by atoms with Crippen molar-refractivity contribution in [1.29, 1.82) is 0 Å². The highest BCUT2D eigenvalue weighted by atomic mass is 16.5. The molecule has 4 nitrogen and oxygen atoms in total. The Hall–Kier alpha value is -0.870. The predicted molar refractivity (Wildman–Crippen MR) is 67.7 cm³/mol. The normalized spacial score (nSPS) is 23.2. The quantitative estimate of drug-likeness (QED) is 0.823. The highest BCUT2D eigenvalue weighted by Gasteiger charge is 2.14. The molecule has 2 atom stereocenters. The maximum atomic E-state index is 5.07. The molecule has 1 aliphatic heterocycles. The fourth-order valence-electron chi connectivity index (χ4n) is 2.42. The van der Waals surface area contributed by atoms with Crippen LogP contribution in [0.2, 0.25) is 0 Å². The van der Waals surface area contributed by atoms with Gasteiger partial charge in [-0.25, -0.2) is 0 Å². The lowest BCUT2D eigenvalue weighted by Crippen LogP contribution is -2.36. The van der Waals surface area contributed by atoms with E-state index in [1.165, 1.54) is 38.6 Å². The van der Waals surface area contributed by atoms with E-state index in [-0.39, 0.29) is 0 Å². The molecule has 2 unspecified atom stereocenters. The van der Waals surface area contributed by atoms with E-state index in [2.05, 4.69) is 22.7 Å². The van der Waals surface area contributed by atoms with Crippen molar-refractivity contribution in [2.45, 2.75) is 57.7 Å². The fraction of sp³-hybridized carbons (Fsp3) is 0.769. The number of nitrogens with zero attached hydrogens (tertiary/aromatic N) is 1. The molecular weight excluding hydrogens is 214 g/mol. The van der Waals surface area contributed by atoms with Gasteiger partial charge < -0.3 is 15.2 Å². The molecule has 1 aliphatic rings. The topological polar surface area (TPSA) is 50.1 Å². The second-order valence-electron chi connectivity index (χ2n) is 5.00. The Morgan fingerprint density at radius 3 is 3.29 bits per heavy atom. The number of aromatic nitrogens is 1. The van der Waals surface area contributed by atoms with Gasteiger partial charge in [0.25, 0.3) is 0 Å². The van der Waals surface area contributed by atoms with Crippen molar-refractivity contribution in [2.75, 3.05) is 6.54 Å². The van der Waals surface area contributed by atoms with E-state index in [0.717, 1.165) is 12.3 Å². The van der Waals surface area contributed by atoms with Crippen LogP contribution in [0.3, 0.4) is 0 Å². The molecule has 1 aromatic heterocycles. The van der Waals surface area contributed by atoms with Gasteiger partial charge in [0.1, 0.15) is 5.76 Å². The Balaban J connectivity index is 1.67. The first-order chi connectivity index (χ1) is 8.34. The molecule has 0 bridgehead atoms. The smallest absolute Gasteiger partial charge is 0.150 e. The summed E-state index contributed by atoms with van der Waals surface area (Å²) in [4.78, 5) is 0. The van der Waals surface area contributed by atoms with Gasteiger partial charge in [0.05, 0.1) is 12.7 Å². The Morgan fingerprint density at radius 1 is 1.53 bits per heavy atom. The molecule has 0 spiro atoms. The Labute approximate surface area is 103 Å². The lowest BCUT2D eigenvalue weighted by atomic mass is 10.0. The van der Waals surface area contributed by atoms with Crippen molar-refractivity contribution in [2.24, 2.45) is 0 Å². The molecular formula is C13H23N3O. The van der Waals surface area contributed by atoms with Gasteiger partial charge in [0, 0.05) is 18.2 Å². The monoisotopic (exact) mass is 237 g/mol. The van der Waals surface area contributed by atoms with Crippen molar-refractivity contribution in [3.05, 3.63) is 18.0 Å². The van der Waals surface area contributed by atoms with Gasteiger partial charge in [-0.1, -0.05) is 18.0 Å². The molecule has 96 valence electrons. The Kier molecular flexibility index (Phi) is 5.01. The SMILES string of the molecule is CC(CC1CCCCCN1)NCc1ccno1. The van der Waals surface area contributed by atoms with Crippen molar-refractivity contribution in [1.82, 2.24) is 15.8 Å². The average molecular weight is 237 g/mol. The summed E-state index contributed by atoms with van der Waals surface area (Å²) in [5.74, 6) is 0.908. The van der Waals surface area contributed by atoms with Crippen LogP contribution in [0.15, 0.2) is 16.8 Å². The third kappa shape index (κ3) is 4.48. The van der Waals surface area contributed by atoms with E-state index in [0.29, 0.717) is 12.1 Å². The highest BCUT2D eigenvalue weighted by molar-refractivity contribution is 4.92. The Bertz CT molecular complexity index is 292. The second-order valence-corrected chi connectivity index (χ2v) is 5.00. The van der Waals surface area contributed by atoms with E-state index >= 15 is 0 Å². The molecule has 2 rings (SSSR count). The van der Waals surface area contributed by atoms with Crippen LogP contribution in [0.1, 0.15) is 44.8 Å². The standard InChI is InChI=1S/C13H23N3O/c1-11(15-10-13-6-8-16-17-13)9-12-5-3-2-4-7-14-12/h6,8,11-12,14-15H,2-5,7,9-10H2,1H3. The first kappa shape index (κ1) is 12.6. The Morgan fingerprint density at radius 2 is 2.47 bits per heavy atom. The molecule has 2 heterocycles. The third-order valence-electron chi connectivity index (χ3n) is 3.42. The fourth-order valence-corrected chi connectivity index (χ4v) is 2.42. The van der Waals surface area contributed by atoms with Crippen LogP contribution in [-0.4, -0.2) is 23.8 Å². The van der Waals surface area contributed by atoms with E-state index in [1.54, 1.807) is 6.20 Å². The van der Waals surface area contributed by atoms with E-state index in [4.69, 9.17) is 4.52 Å². The number of hydrogen-bond acceptors (Lipinski definition) is 4. The third-order valence-corrected chi connectivity index (χ3v) is 3.42. The summed E-state index contributed by atoms with van der Waals surface area (Å²) < 4.78 is 5.07. The first-order valence-electron chi connectivity index (χ1n) is 6.71. The molecule has 0 aromatic carbocycles. The second kappa shape index (κ2) is 6.77. The van der Waals surface area contributed by atoms with E-state index in [1.807, 2.05) is 6.07 Å². The summed E-state index contributed by atoms with van der Waals surface area (Å²) in [5, 5.41) is 10.8. The van der Waals surface area contributed by atoms with E-state index in [9.17, 15) is 0 Å². The van der Waals surface area contributed by atoms with Crippen LogP contribution >= 0.6 is 0 Å². The minimum Gasteiger partial charge on any atom is -0.360 e. The van der Waals surface area contributed by atoms with Crippen molar-refractivity contribution in [3.63, 3.8) is 0 Å². The zero-order valence-electron chi connectivity index (χ0n) is 10.6. The van der Waals surface area contributed by atoms with Gasteiger partial charge in [0.2, 0.25) is 0 Å². The zero-order valence-corrected chi connectivity index (χ0v) is 10.6. The van der Waals surface area contributed by atoms with Gasteiger partial charge in [-0.2, -0.15) is 0 Å².